The van der Waals surface area contributed by atoms with Gasteiger partial charge in [-0.2, -0.15) is 0 Å². The van der Waals surface area contributed by atoms with Gasteiger partial charge in [-0.05, 0) is 42.0 Å². The second kappa shape index (κ2) is 5.43. The lowest BCUT2D eigenvalue weighted by Crippen LogP contribution is -2.03. The molecule has 0 aromatic heterocycles. The van der Waals surface area contributed by atoms with Gasteiger partial charge in [0.15, 0.2) is 0 Å². The molecule has 1 aliphatic rings. The Balaban J connectivity index is 2.11. The highest BCUT2D eigenvalue weighted by Gasteiger charge is 2.24. The van der Waals surface area contributed by atoms with Crippen LogP contribution >= 0.6 is 23.2 Å². The molecule has 0 bridgehead atoms. The lowest BCUT2D eigenvalue weighted by molar-refractivity contribution is -0.110. The largest absolute Gasteiger partial charge is 0.497 e. The molecule has 5 heteroatoms. The standard InChI is InChI=1S/C16H11Cl2NO2/c1-21-11-4-5-15-12(8-11)13(16(20)19-15)6-9-2-3-10(17)7-14(9)18/h2-8H,1H3,(H,19,20)/b13-6+. The summed E-state index contributed by atoms with van der Waals surface area (Å²) in [6.45, 7) is 0. The average Bonchev–Trinajstić information content (AvgIpc) is 2.77. The molecule has 2 aromatic carbocycles. The Morgan fingerprint density at radius 3 is 2.67 bits per heavy atom. The maximum atomic E-state index is 12.1. The molecule has 3 nitrogen and oxygen atoms in total. The monoisotopic (exact) mass is 319 g/mol. The van der Waals surface area contributed by atoms with Crippen LogP contribution < -0.4 is 10.1 Å². The third-order valence-electron chi connectivity index (χ3n) is 3.27. The fourth-order valence-electron chi connectivity index (χ4n) is 2.21. The SMILES string of the molecule is COc1ccc2c(c1)/C(=C\c1ccc(Cl)cc1Cl)C(=O)N2. The molecule has 1 N–H and O–H groups in total. The maximum Gasteiger partial charge on any atom is 0.256 e. The van der Waals surface area contributed by atoms with E-state index in [0.29, 0.717) is 21.4 Å². The summed E-state index contributed by atoms with van der Waals surface area (Å²) in [6, 6.07) is 10.6. The lowest BCUT2D eigenvalue weighted by atomic mass is 10.0. The van der Waals surface area contributed by atoms with Gasteiger partial charge >= 0.3 is 0 Å². The number of rotatable bonds is 2. The number of ether oxygens (including phenoxy) is 1. The predicted octanol–water partition coefficient (Wildman–Crippen LogP) is 4.49. The Morgan fingerprint density at radius 1 is 1.14 bits per heavy atom. The molecule has 1 amide bonds. The Bertz CT molecular complexity index is 769. The summed E-state index contributed by atoms with van der Waals surface area (Å²) in [6.07, 6.45) is 1.75. The molecule has 0 fully saturated rings. The number of benzene rings is 2. The second-order valence-electron chi connectivity index (χ2n) is 4.59. The van der Waals surface area contributed by atoms with Crippen LogP contribution in [0.5, 0.6) is 5.75 Å². The molecule has 1 heterocycles. The van der Waals surface area contributed by atoms with Crippen LogP contribution in [0.1, 0.15) is 11.1 Å². The summed E-state index contributed by atoms with van der Waals surface area (Å²) >= 11 is 12.0. The number of hydrogen-bond acceptors (Lipinski definition) is 2. The van der Waals surface area contributed by atoms with Crippen molar-refractivity contribution in [2.75, 3.05) is 12.4 Å². The van der Waals surface area contributed by atoms with Crippen molar-refractivity contribution in [2.45, 2.75) is 0 Å². The van der Waals surface area contributed by atoms with Crippen LogP contribution in [-0.2, 0) is 4.79 Å². The molecule has 0 radical (unpaired) electrons. The van der Waals surface area contributed by atoms with E-state index in [9.17, 15) is 4.79 Å². The molecule has 21 heavy (non-hydrogen) atoms. The molecule has 1 aliphatic heterocycles. The van der Waals surface area contributed by atoms with Gasteiger partial charge in [0.1, 0.15) is 5.75 Å². The quantitative estimate of drug-likeness (QED) is 0.828. The highest BCUT2D eigenvalue weighted by molar-refractivity contribution is 6.38. The highest BCUT2D eigenvalue weighted by atomic mass is 35.5. The zero-order valence-corrected chi connectivity index (χ0v) is 12.6. The van der Waals surface area contributed by atoms with Gasteiger partial charge in [0.25, 0.3) is 5.91 Å². The first-order valence-corrected chi connectivity index (χ1v) is 7.00. The fraction of sp³-hybridized carbons (Fsp3) is 0.0625. The van der Waals surface area contributed by atoms with Gasteiger partial charge in [-0.25, -0.2) is 0 Å². The van der Waals surface area contributed by atoms with Crippen LogP contribution in [0.4, 0.5) is 5.69 Å². The van der Waals surface area contributed by atoms with Crippen molar-refractivity contribution >= 4 is 46.4 Å². The van der Waals surface area contributed by atoms with E-state index < -0.39 is 0 Å². The third-order valence-corrected chi connectivity index (χ3v) is 3.83. The minimum atomic E-state index is -0.163. The van der Waals surface area contributed by atoms with Crippen LogP contribution in [0.15, 0.2) is 36.4 Å². The maximum absolute atomic E-state index is 12.1. The Hall–Kier alpha value is -1.97. The first-order chi connectivity index (χ1) is 10.1. The molecule has 106 valence electrons. The number of nitrogens with one attached hydrogen (secondary N) is 1. The minimum absolute atomic E-state index is 0.163. The normalized spacial score (nSPS) is 15.0. The van der Waals surface area contributed by atoms with Crippen LogP contribution in [0.2, 0.25) is 10.0 Å². The zero-order valence-electron chi connectivity index (χ0n) is 11.1. The van der Waals surface area contributed by atoms with Gasteiger partial charge in [-0.3, -0.25) is 4.79 Å². The van der Waals surface area contributed by atoms with Gasteiger partial charge in [0.2, 0.25) is 0 Å². The summed E-state index contributed by atoms with van der Waals surface area (Å²) in [5, 5.41) is 3.87. The van der Waals surface area contributed by atoms with Crippen molar-refractivity contribution in [1.82, 2.24) is 0 Å². The number of halogens is 2. The van der Waals surface area contributed by atoms with Crippen molar-refractivity contribution in [1.29, 1.82) is 0 Å². The molecule has 3 rings (SSSR count). The molecular formula is C16H11Cl2NO2. The number of amides is 1. The van der Waals surface area contributed by atoms with Crippen LogP contribution in [0, 0.1) is 0 Å². The second-order valence-corrected chi connectivity index (χ2v) is 5.43. The zero-order chi connectivity index (χ0) is 15.0. The Kier molecular flexibility index (Phi) is 3.62. The topological polar surface area (TPSA) is 38.3 Å². The molecule has 0 aliphatic carbocycles. The van der Waals surface area contributed by atoms with Crippen molar-refractivity contribution < 1.29 is 9.53 Å². The molecular weight excluding hydrogens is 309 g/mol. The highest BCUT2D eigenvalue weighted by Crippen LogP contribution is 2.36. The van der Waals surface area contributed by atoms with Gasteiger partial charge < -0.3 is 10.1 Å². The number of carbonyl (C=O) groups is 1. The third kappa shape index (κ3) is 2.62. The van der Waals surface area contributed by atoms with E-state index in [-0.39, 0.29) is 5.91 Å². The van der Waals surface area contributed by atoms with E-state index in [0.717, 1.165) is 16.8 Å². The molecule has 0 spiro atoms. The smallest absolute Gasteiger partial charge is 0.256 e. The fourth-order valence-corrected chi connectivity index (χ4v) is 2.67. The predicted molar refractivity (Wildman–Crippen MR) is 86.0 cm³/mol. The molecule has 0 saturated heterocycles. The summed E-state index contributed by atoms with van der Waals surface area (Å²) in [5.41, 5.74) is 2.84. The molecule has 0 unspecified atom stereocenters. The van der Waals surface area contributed by atoms with E-state index in [4.69, 9.17) is 27.9 Å². The summed E-state index contributed by atoms with van der Waals surface area (Å²) in [4.78, 5) is 12.1. The van der Waals surface area contributed by atoms with E-state index >= 15 is 0 Å². The summed E-state index contributed by atoms with van der Waals surface area (Å²) in [7, 11) is 1.59. The first kappa shape index (κ1) is 14.0. The van der Waals surface area contributed by atoms with E-state index in [1.54, 1.807) is 37.5 Å². The van der Waals surface area contributed by atoms with Gasteiger partial charge in [-0.15, -0.1) is 0 Å². The summed E-state index contributed by atoms with van der Waals surface area (Å²) < 4.78 is 5.20. The Labute approximate surface area is 132 Å². The van der Waals surface area contributed by atoms with E-state index in [2.05, 4.69) is 5.32 Å². The number of fused-ring (bicyclic) bond motifs is 1. The van der Waals surface area contributed by atoms with Crippen LogP contribution in [0.25, 0.3) is 11.6 Å². The Morgan fingerprint density at radius 2 is 1.95 bits per heavy atom. The molecule has 2 aromatic rings. The van der Waals surface area contributed by atoms with Crippen molar-refractivity contribution in [3.05, 3.63) is 57.6 Å². The van der Waals surface area contributed by atoms with Crippen LogP contribution in [0.3, 0.4) is 0 Å². The first-order valence-electron chi connectivity index (χ1n) is 6.25. The van der Waals surface area contributed by atoms with Crippen molar-refractivity contribution in [3.8, 4) is 5.75 Å². The van der Waals surface area contributed by atoms with Crippen molar-refractivity contribution in [2.24, 2.45) is 0 Å². The van der Waals surface area contributed by atoms with Crippen molar-refractivity contribution in [3.63, 3.8) is 0 Å². The number of carbonyl (C=O) groups excluding carboxylic acids is 1. The minimum Gasteiger partial charge on any atom is -0.497 e. The number of methoxy groups -OCH3 is 1. The molecule has 0 atom stereocenters. The summed E-state index contributed by atoms with van der Waals surface area (Å²) in [5.74, 6) is 0.530. The number of hydrogen-bond donors (Lipinski definition) is 1. The van der Waals surface area contributed by atoms with E-state index in [1.807, 2.05) is 12.1 Å². The molecule has 0 saturated carbocycles. The van der Waals surface area contributed by atoms with Gasteiger partial charge in [0.05, 0.1) is 7.11 Å². The van der Waals surface area contributed by atoms with Gasteiger partial charge in [0, 0.05) is 26.9 Å². The number of anilines is 1. The van der Waals surface area contributed by atoms with Gasteiger partial charge in [-0.1, -0.05) is 29.3 Å². The lowest BCUT2D eigenvalue weighted by Gasteiger charge is -2.04. The van der Waals surface area contributed by atoms with E-state index in [1.165, 1.54) is 0 Å². The average molecular weight is 320 g/mol. The van der Waals surface area contributed by atoms with Crippen LogP contribution in [-0.4, -0.2) is 13.0 Å².